The second kappa shape index (κ2) is 6.99. The van der Waals surface area contributed by atoms with Gasteiger partial charge in [-0.25, -0.2) is 4.79 Å². The van der Waals surface area contributed by atoms with E-state index in [-0.39, 0.29) is 23.9 Å². The molecular formula is C15H17NO5. The number of esters is 1. The van der Waals surface area contributed by atoms with E-state index in [2.05, 4.69) is 0 Å². The summed E-state index contributed by atoms with van der Waals surface area (Å²) in [6, 6.07) is 6.40. The first-order valence-electron chi connectivity index (χ1n) is 6.85. The number of nitro groups is 1. The number of carbonyl (C=O) groups excluding carboxylic acids is 1. The first kappa shape index (κ1) is 15.2. The van der Waals surface area contributed by atoms with Crippen molar-refractivity contribution in [2.45, 2.75) is 32.0 Å². The van der Waals surface area contributed by atoms with Gasteiger partial charge in [-0.05, 0) is 37.5 Å². The first-order valence-corrected chi connectivity index (χ1v) is 6.85. The second-order valence-electron chi connectivity index (χ2n) is 4.68. The zero-order valence-corrected chi connectivity index (χ0v) is 11.7. The molecule has 1 aromatic rings. The predicted octanol–water partition coefficient (Wildman–Crippen LogP) is 2.93. The zero-order chi connectivity index (χ0) is 15.2. The molecule has 0 bridgehead atoms. The molecule has 1 saturated heterocycles. The van der Waals surface area contributed by atoms with Gasteiger partial charge in [0.05, 0.1) is 17.6 Å². The van der Waals surface area contributed by atoms with Crippen molar-refractivity contribution in [1.29, 1.82) is 0 Å². The van der Waals surface area contributed by atoms with Crippen LogP contribution in [0.1, 0.15) is 31.4 Å². The van der Waals surface area contributed by atoms with Crippen LogP contribution < -0.4 is 0 Å². The van der Waals surface area contributed by atoms with Crippen molar-refractivity contribution in [2.24, 2.45) is 0 Å². The highest BCUT2D eigenvalue weighted by molar-refractivity contribution is 5.81. The third-order valence-electron chi connectivity index (χ3n) is 3.17. The van der Waals surface area contributed by atoms with E-state index in [1.54, 1.807) is 25.1 Å². The van der Waals surface area contributed by atoms with Crippen LogP contribution in [0.4, 0.5) is 5.69 Å². The van der Waals surface area contributed by atoms with Gasteiger partial charge >= 0.3 is 5.97 Å². The van der Waals surface area contributed by atoms with Crippen molar-refractivity contribution in [3.05, 3.63) is 52.1 Å². The molecule has 0 amide bonds. The van der Waals surface area contributed by atoms with Gasteiger partial charge in [0.2, 0.25) is 0 Å². The summed E-state index contributed by atoms with van der Waals surface area (Å²) in [5, 5.41) is 10.6. The fraction of sp³-hybridized carbons (Fsp3) is 0.400. The van der Waals surface area contributed by atoms with E-state index in [0.29, 0.717) is 6.61 Å². The van der Waals surface area contributed by atoms with Crippen LogP contribution in [0, 0.1) is 10.1 Å². The first-order chi connectivity index (χ1) is 10.1. The van der Waals surface area contributed by atoms with E-state index >= 15 is 0 Å². The lowest BCUT2D eigenvalue weighted by Crippen LogP contribution is -1.98. The number of nitrogens with zero attached hydrogens (tertiary/aromatic N) is 1. The summed E-state index contributed by atoms with van der Waals surface area (Å²) in [6.45, 7) is 2.13. The molecule has 2 unspecified atom stereocenters. The third-order valence-corrected chi connectivity index (χ3v) is 3.17. The molecule has 1 heterocycles. The Morgan fingerprint density at radius 2 is 2.14 bits per heavy atom. The monoisotopic (exact) mass is 291 g/mol. The normalized spacial score (nSPS) is 20.4. The van der Waals surface area contributed by atoms with Crippen LogP contribution in [0.3, 0.4) is 0 Å². The predicted molar refractivity (Wildman–Crippen MR) is 75.7 cm³/mol. The Morgan fingerprint density at radius 3 is 2.76 bits per heavy atom. The lowest BCUT2D eigenvalue weighted by molar-refractivity contribution is -0.384. The molecule has 112 valence electrons. The molecular weight excluding hydrogens is 274 g/mol. The quantitative estimate of drug-likeness (QED) is 0.253. The van der Waals surface area contributed by atoms with Gasteiger partial charge in [0.15, 0.2) is 0 Å². The summed E-state index contributed by atoms with van der Waals surface area (Å²) < 4.78 is 10.3. The number of nitro benzene ring substituents is 1. The summed E-state index contributed by atoms with van der Waals surface area (Å²) in [6.07, 6.45) is 4.84. The largest absolute Gasteiger partial charge is 0.463 e. The van der Waals surface area contributed by atoms with E-state index in [9.17, 15) is 14.9 Å². The molecule has 1 aliphatic rings. The maximum Gasteiger partial charge on any atom is 0.330 e. The highest BCUT2D eigenvalue weighted by Gasteiger charge is 2.39. The fourth-order valence-electron chi connectivity index (χ4n) is 2.07. The van der Waals surface area contributed by atoms with Crippen molar-refractivity contribution >= 4 is 11.7 Å². The molecule has 2 rings (SSSR count). The lowest BCUT2D eigenvalue weighted by Gasteiger charge is -1.96. The van der Waals surface area contributed by atoms with Crippen molar-refractivity contribution < 1.29 is 19.2 Å². The van der Waals surface area contributed by atoms with Crippen LogP contribution in [0.2, 0.25) is 0 Å². The number of rotatable bonds is 7. The molecule has 0 radical (unpaired) electrons. The van der Waals surface area contributed by atoms with Crippen molar-refractivity contribution in [3.63, 3.8) is 0 Å². The van der Waals surface area contributed by atoms with Gasteiger partial charge in [-0.1, -0.05) is 6.08 Å². The van der Waals surface area contributed by atoms with Gasteiger partial charge < -0.3 is 9.47 Å². The van der Waals surface area contributed by atoms with Crippen LogP contribution in [0.15, 0.2) is 36.4 Å². The molecule has 1 fully saturated rings. The molecule has 6 heteroatoms. The molecule has 2 atom stereocenters. The van der Waals surface area contributed by atoms with Crippen LogP contribution >= 0.6 is 0 Å². The highest BCUT2D eigenvalue weighted by atomic mass is 16.6. The van der Waals surface area contributed by atoms with Crippen molar-refractivity contribution in [1.82, 2.24) is 0 Å². The van der Waals surface area contributed by atoms with Gasteiger partial charge in [0, 0.05) is 18.2 Å². The van der Waals surface area contributed by atoms with Gasteiger partial charge in [0.25, 0.3) is 5.69 Å². The minimum Gasteiger partial charge on any atom is -0.463 e. The van der Waals surface area contributed by atoms with Crippen LogP contribution in [-0.2, 0) is 14.3 Å². The lowest BCUT2D eigenvalue weighted by atomic mass is 10.1. The third kappa shape index (κ3) is 4.39. The Labute approximate surface area is 122 Å². The molecule has 6 nitrogen and oxygen atoms in total. The Bertz CT molecular complexity index is 537. The smallest absolute Gasteiger partial charge is 0.330 e. The number of non-ortho nitro benzene ring substituents is 1. The topological polar surface area (TPSA) is 82.0 Å². The molecule has 0 spiro atoms. The van der Waals surface area contributed by atoms with E-state index < -0.39 is 4.92 Å². The molecule has 0 aromatic heterocycles. The van der Waals surface area contributed by atoms with Crippen LogP contribution in [0.25, 0.3) is 0 Å². The van der Waals surface area contributed by atoms with E-state index in [4.69, 9.17) is 9.47 Å². The molecule has 1 aromatic carbocycles. The number of benzene rings is 1. The van der Waals surface area contributed by atoms with Crippen LogP contribution in [0.5, 0.6) is 0 Å². The second-order valence-corrected chi connectivity index (χ2v) is 4.68. The van der Waals surface area contributed by atoms with Crippen molar-refractivity contribution in [3.8, 4) is 0 Å². The molecule has 0 saturated carbocycles. The molecule has 21 heavy (non-hydrogen) atoms. The van der Waals surface area contributed by atoms with Gasteiger partial charge in [-0.3, -0.25) is 10.1 Å². The highest BCUT2D eigenvalue weighted by Crippen LogP contribution is 2.41. The molecule has 0 aliphatic carbocycles. The Morgan fingerprint density at radius 1 is 1.43 bits per heavy atom. The summed E-state index contributed by atoms with van der Waals surface area (Å²) >= 11 is 0. The zero-order valence-electron chi connectivity index (χ0n) is 11.7. The van der Waals surface area contributed by atoms with E-state index in [1.807, 2.05) is 0 Å². The van der Waals surface area contributed by atoms with E-state index in [0.717, 1.165) is 18.4 Å². The van der Waals surface area contributed by atoms with Gasteiger partial charge in [-0.2, -0.15) is 0 Å². The summed E-state index contributed by atoms with van der Waals surface area (Å²) in [7, 11) is 0. The number of hydrogen-bond donors (Lipinski definition) is 0. The van der Waals surface area contributed by atoms with Crippen LogP contribution in [-0.4, -0.2) is 23.6 Å². The average Bonchev–Trinajstić information content (AvgIpc) is 3.23. The number of epoxide rings is 1. The standard InChI is InChI=1S/C15H17NO5/c1-2-20-14(17)6-4-3-5-13-15(21-13)11-7-9-12(10-8-11)16(18)19/h4,6-10,13,15H,2-3,5H2,1H3/b6-4+. The maximum absolute atomic E-state index is 11.1. The van der Waals surface area contributed by atoms with Crippen molar-refractivity contribution in [2.75, 3.05) is 6.61 Å². The molecule has 1 aliphatic heterocycles. The number of carbonyl (C=O) groups is 1. The fourth-order valence-corrected chi connectivity index (χ4v) is 2.07. The average molecular weight is 291 g/mol. The minimum absolute atomic E-state index is 0.00166. The Hall–Kier alpha value is -2.21. The number of hydrogen-bond acceptors (Lipinski definition) is 5. The Kier molecular flexibility index (Phi) is 5.05. The maximum atomic E-state index is 11.1. The summed E-state index contributed by atoms with van der Waals surface area (Å²) in [5.74, 6) is -0.332. The number of ether oxygens (including phenoxy) is 2. The Balaban J connectivity index is 1.75. The van der Waals surface area contributed by atoms with Gasteiger partial charge in [0.1, 0.15) is 6.10 Å². The SMILES string of the molecule is CCOC(=O)/C=C/CCC1OC1c1ccc([N+](=O)[O-])cc1. The summed E-state index contributed by atoms with van der Waals surface area (Å²) in [4.78, 5) is 21.2. The summed E-state index contributed by atoms with van der Waals surface area (Å²) in [5.41, 5.74) is 1.02. The van der Waals surface area contributed by atoms with E-state index in [1.165, 1.54) is 18.2 Å². The number of allylic oxidation sites excluding steroid dienone is 1. The van der Waals surface area contributed by atoms with Gasteiger partial charge in [-0.15, -0.1) is 0 Å². The minimum atomic E-state index is -0.421. The molecule has 0 N–H and O–H groups in total.